The number of pyridine rings is 6. The van der Waals surface area contributed by atoms with Crippen molar-refractivity contribution in [2.75, 3.05) is 46.7 Å². The maximum absolute atomic E-state index is 14.7. The number of aliphatic hydroxyl groups excluding tert-OH is 1. The third kappa shape index (κ3) is 22.9. The van der Waals surface area contributed by atoms with Gasteiger partial charge in [-0.25, -0.2) is 95.5 Å². The molecule has 4 amide bonds. The standard InChI is InChI=1S/C23H22BrF2N3O4.C18H14BrF2N3O2.C16H18BrF2N3O3.C11H10BrF2N3O.C10H9BrF2N2O.C10H11BrF2N2O.C5H6FNO/c1-22(2,3)33-21(31)29(19(30)13-7-5-4-6-8-13)20-28-23(12-25,15-10-17(15)32-20)16-9-14(24)11-27-18(16)26;19-11-6-13(15(21)22-8-11)18(9-20)12-7-14(12)26-17(24-18)23-16(25)10-4-2-1-3-5-10;1-15(2,3)25-14(23)21-13-22-16(7-18,9-5-11(9)24-13)10-4-8(17)6-20-12(10)19;12-5-1-7(9(14)16-3-5)11(4-13)6-2-8(6)18-10(15)17-11;11-5-1-7(9(13)14-3-5)10(4-12)6-2-8(6)16-15-10;11-5-1-7(9(13)15-3-5)10(14,4-12)6-2-8(6)16;6-2-4-3-1-5(3)8-7-4/h4-9,11,15,17H,10,12H2,1-3H3;1-6,8,12,14H,7,9H2,(H,23,24,25);4,6,9,11H,5,7H2,1-3H3,(H,21,22,23);1,3,6,8H,2,4H2,(H2,15,17);1,3,6,8,15H,2,4H2;1,3,6,8,16H,2,4,14H2;3,5H,1-2H2/t15-,17+,23-;12-,14+,18-;9-,11+,16-;6-,8+,11-;2*6-,8?,10-;/m000000./s1. The lowest BCUT2D eigenvalue weighted by atomic mass is 9.87. The number of benzene rings is 2. The molecule has 49 heteroatoms. The van der Waals surface area contributed by atoms with Gasteiger partial charge in [0.05, 0.1) is 23.5 Å². The van der Waals surface area contributed by atoms with Crippen molar-refractivity contribution in [1.82, 2.24) is 50.9 Å². The van der Waals surface area contributed by atoms with Crippen LogP contribution >= 0.6 is 95.6 Å². The number of nitrogens with two attached hydrogens (primary N) is 2. The molecule has 758 valence electrons. The number of imide groups is 1. The van der Waals surface area contributed by atoms with Gasteiger partial charge in [0.1, 0.15) is 116 Å². The quantitative estimate of drug-likeness (QED) is 0.0386. The molecule has 2 aromatic carbocycles. The fraction of sp³-hybridized carbons (Fsp3) is 0.452. The number of carbonyl (C=O) groups excluding carboxylic acids is 4. The Kier molecular flexibility index (Phi) is 31.9. The topological polar surface area (TPSA) is 393 Å². The lowest BCUT2D eigenvalue weighted by molar-refractivity contribution is 0.00697. The van der Waals surface area contributed by atoms with E-state index in [1.54, 1.807) is 96.1 Å². The summed E-state index contributed by atoms with van der Waals surface area (Å²) in [6.07, 6.45) is 8.44. The fourth-order valence-electron chi connectivity index (χ4n) is 17.4. The van der Waals surface area contributed by atoms with Gasteiger partial charge in [-0.2, -0.15) is 36.7 Å². The molecule has 7 aliphatic carbocycles. The Balaban J connectivity index is 0.000000128. The van der Waals surface area contributed by atoms with Gasteiger partial charge in [0.2, 0.25) is 35.7 Å². The number of hydroxylamine groups is 1. The number of alkyl halides is 7. The first-order chi connectivity index (χ1) is 67.4. The normalized spacial score (nSPS) is 28.9. The molecule has 6 aliphatic heterocycles. The van der Waals surface area contributed by atoms with Gasteiger partial charge >= 0.3 is 18.2 Å². The maximum Gasteiger partial charge on any atom is 0.425 e. The summed E-state index contributed by atoms with van der Waals surface area (Å²) in [5.74, 6) is -7.16. The van der Waals surface area contributed by atoms with E-state index in [0.717, 1.165) is 12.8 Å². The zero-order valence-electron chi connectivity index (χ0n) is 75.7. The molecule has 0 spiro atoms. The molecule has 13 aliphatic rings. The van der Waals surface area contributed by atoms with Crippen LogP contribution in [0.1, 0.15) is 141 Å². The number of aliphatic hydroxyl groups is 1. The fourth-order valence-corrected chi connectivity index (χ4v) is 19.4. The van der Waals surface area contributed by atoms with E-state index in [2.05, 4.69) is 167 Å². The highest BCUT2D eigenvalue weighted by molar-refractivity contribution is 9.11. The Hall–Kier alpha value is -10.0. The second kappa shape index (κ2) is 42.6. The Morgan fingerprint density at radius 2 is 0.873 bits per heavy atom. The summed E-state index contributed by atoms with van der Waals surface area (Å²) in [6, 6.07) is 24.5. The van der Waals surface area contributed by atoms with E-state index in [1.165, 1.54) is 79.6 Å². The zero-order chi connectivity index (χ0) is 102. The maximum atomic E-state index is 14.7. The molecule has 21 rings (SSSR count). The number of aliphatic imine (C=N–C) groups is 4. The van der Waals surface area contributed by atoms with E-state index in [9.17, 15) is 81.4 Å². The molecule has 8 fully saturated rings. The minimum Gasteiger partial charge on any atom is -0.462 e. The van der Waals surface area contributed by atoms with Crippen molar-refractivity contribution < 1.29 is 119 Å². The smallest absolute Gasteiger partial charge is 0.425 e. The van der Waals surface area contributed by atoms with Gasteiger partial charge < -0.3 is 49.8 Å². The lowest BCUT2D eigenvalue weighted by Gasteiger charge is -2.34. The van der Waals surface area contributed by atoms with Gasteiger partial charge in [-0.05, 0) is 243 Å². The van der Waals surface area contributed by atoms with Crippen LogP contribution < -0.4 is 27.6 Å². The monoisotopic (exact) mass is 2370 g/mol. The number of oxime groups is 1. The molecule has 4 unspecified atom stereocenters. The van der Waals surface area contributed by atoms with E-state index < -0.39 is 181 Å². The number of alkyl carbamates (subject to hydrolysis) is 1. The average Bonchev–Trinajstić information content (AvgIpc) is 1.57. The number of fused-ring (bicyclic) bond motifs is 6. The number of amidine groups is 4. The van der Waals surface area contributed by atoms with Gasteiger partial charge in [-0.15, -0.1) is 0 Å². The van der Waals surface area contributed by atoms with Crippen LogP contribution in [0.4, 0.5) is 66.7 Å². The molecule has 12 heterocycles. The van der Waals surface area contributed by atoms with Gasteiger partial charge in [0, 0.05) is 150 Å². The summed E-state index contributed by atoms with van der Waals surface area (Å²) in [7, 11) is 0. The summed E-state index contributed by atoms with van der Waals surface area (Å²) in [4.78, 5) is 99.8. The molecular weight excluding hydrogens is 2290 g/mol. The second-order valence-corrected chi connectivity index (χ2v) is 42.8. The summed E-state index contributed by atoms with van der Waals surface area (Å²) >= 11 is 19.2. The Morgan fingerprint density at radius 3 is 1.25 bits per heavy atom. The molecule has 6 aromatic heterocycles. The predicted molar refractivity (Wildman–Crippen MR) is 506 cm³/mol. The molecule has 0 bridgehead atoms. The Labute approximate surface area is 853 Å². The Bertz CT molecular complexity index is 6270. The molecule has 1 saturated heterocycles. The molecule has 142 heavy (non-hydrogen) atoms. The number of hydrogen-bond donors (Lipinski definition) is 6. The van der Waals surface area contributed by atoms with Crippen LogP contribution in [-0.2, 0) is 71.3 Å². The second-order valence-electron chi connectivity index (χ2n) is 37.3. The predicted octanol–water partition coefficient (Wildman–Crippen LogP) is 18.0. The van der Waals surface area contributed by atoms with Crippen molar-refractivity contribution in [3.8, 4) is 0 Å². The first-order valence-electron chi connectivity index (χ1n) is 44.1. The third-order valence-electron chi connectivity index (χ3n) is 25.2. The molecule has 30 nitrogen and oxygen atoms in total. The molecule has 8 N–H and O–H groups in total. The molecular formula is C93H90Br6F13N17O13. The Morgan fingerprint density at radius 1 is 0.479 bits per heavy atom. The highest BCUT2D eigenvalue weighted by atomic mass is 79.9. The minimum atomic E-state index is -1.70. The van der Waals surface area contributed by atoms with E-state index in [0.29, 0.717) is 81.0 Å². The number of aromatic nitrogens is 6. The largest absolute Gasteiger partial charge is 0.462 e. The molecule has 7 saturated carbocycles. The third-order valence-corrected chi connectivity index (χ3v) is 27.8. The SMILES string of the molecule is CC(C)(C)OC(=O)N(C(=O)c1ccccc1)C1=N[C@](CF)(c2cc(Br)cnc2F)[C@H]2C[C@H]2O1.CC(C)(C)OC(=O)NC1=N[C@](CF)(c2cc(Br)cnc2F)[C@H]2C[C@H]2O1.FCC1=NOC2CC12.FC[C@]1(c2cc(Br)cnc2F)NOC2C[C@@H]21.NC1=N[C@](CF)(c2cc(Br)cnc2F)[C@H]2C[C@H]2O1.N[C@](CF)(c1cc(Br)cnc1F)[C@H]1CC1O.O=C(NC1=N[C@](CF)(c2cc(Br)cnc2F)[C@H]2C[C@H]2O1)c1ccccc1. The van der Waals surface area contributed by atoms with Gasteiger partial charge in [0.15, 0.2) is 0 Å². The lowest BCUT2D eigenvalue weighted by Crippen LogP contribution is -2.49. The number of ether oxygens (including phenoxy) is 6. The average molecular weight is 2380 g/mol. The number of halogens is 19. The summed E-state index contributed by atoms with van der Waals surface area (Å²) in [5, 5.41) is 17.8. The number of rotatable bonds is 16. The summed E-state index contributed by atoms with van der Waals surface area (Å²) in [5.41, 5.74) is 5.45. The van der Waals surface area contributed by atoms with Crippen LogP contribution in [-0.4, -0.2) is 194 Å². The van der Waals surface area contributed by atoms with Crippen LogP contribution in [0.15, 0.2) is 186 Å². The minimum absolute atomic E-state index is 0.00287. The highest BCUT2D eigenvalue weighted by Gasteiger charge is 2.67. The van der Waals surface area contributed by atoms with Crippen LogP contribution in [0.2, 0.25) is 0 Å². The van der Waals surface area contributed by atoms with E-state index >= 15 is 0 Å². The first-order valence-corrected chi connectivity index (χ1v) is 48.9. The summed E-state index contributed by atoms with van der Waals surface area (Å²) < 4.78 is 215. The van der Waals surface area contributed by atoms with Crippen LogP contribution in [0.25, 0.3) is 0 Å². The number of nitrogens with one attached hydrogen (secondary N) is 3. The van der Waals surface area contributed by atoms with Gasteiger partial charge in [-0.3, -0.25) is 19.7 Å². The van der Waals surface area contributed by atoms with Crippen molar-refractivity contribution in [2.24, 2.45) is 78.0 Å². The number of amides is 4. The van der Waals surface area contributed by atoms with Crippen LogP contribution in [0.5, 0.6) is 0 Å². The van der Waals surface area contributed by atoms with Crippen molar-refractivity contribution >= 4 is 149 Å². The molecule has 0 radical (unpaired) electrons. The van der Waals surface area contributed by atoms with Crippen molar-refractivity contribution in [2.45, 2.75) is 174 Å². The van der Waals surface area contributed by atoms with E-state index in [1.807, 2.05) is 0 Å². The van der Waals surface area contributed by atoms with Crippen LogP contribution in [0.3, 0.4) is 0 Å². The van der Waals surface area contributed by atoms with Crippen molar-refractivity contribution in [1.29, 1.82) is 0 Å². The number of carbonyl (C=O) groups is 4. The first kappa shape index (κ1) is 106. The van der Waals surface area contributed by atoms with E-state index in [4.69, 9.17) is 49.6 Å². The van der Waals surface area contributed by atoms with Crippen molar-refractivity contribution in [3.05, 3.63) is 241 Å². The number of hydrogen-bond acceptors (Lipinski definition) is 27. The van der Waals surface area contributed by atoms with Gasteiger partial charge in [0.25, 0.3) is 29.9 Å². The number of nitrogens with zero attached hydrogens (tertiary/aromatic N) is 12. The molecule has 20 atom stereocenters. The highest BCUT2D eigenvalue weighted by Crippen LogP contribution is 2.60. The van der Waals surface area contributed by atoms with Crippen LogP contribution in [0, 0.1) is 77.1 Å². The van der Waals surface area contributed by atoms with Gasteiger partial charge in [-0.1, -0.05) is 41.6 Å². The zero-order valence-corrected chi connectivity index (χ0v) is 85.2. The molecule has 8 aromatic rings. The van der Waals surface area contributed by atoms with Crippen molar-refractivity contribution in [3.63, 3.8) is 0 Å². The summed E-state index contributed by atoms with van der Waals surface area (Å²) in [6.45, 7) is 4.24. The van der Waals surface area contributed by atoms with E-state index in [-0.39, 0.29) is 111 Å².